The van der Waals surface area contributed by atoms with Crippen molar-refractivity contribution in [3.8, 4) is 5.75 Å². The van der Waals surface area contributed by atoms with E-state index in [0.29, 0.717) is 11.7 Å². The van der Waals surface area contributed by atoms with Crippen molar-refractivity contribution in [2.75, 3.05) is 12.4 Å². The molecular formula is C11H15NO. The van der Waals surface area contributed by atoms with E-state index in [1.807, 2.05) is 25.2 Å². The van der Waals surface area contributed by atoms with E-state index in [2.05, 4.69) is 5.32 Å². The van der Waals surface area contributed by atoms with Crippen LogP contribution in [0.3, 0.4) is 0 Å². The second kappa shape index (κ2) is 3.29. The van der Waals surface area contributed by atoms with Crippen molar-refractivity contribution >= 4 is 5.69 Å². The van der Waals surface area contributed by atoms with Crippen LogP contribution in [0.2, 0.25) is 0 Å². The van der Waals surface area contributed by atoms with Crippen LogP contribution in [0.1, 0.15) is 30.7 Å². The van der Waals surface area contributed by atoms with E-state index in [0.717, 1.165) is 11.3 Å². The van der Waals surface area contributed by atoms with E-state index < -0.39 is 0 Å². The number of anilines is 1. The molecule has 2 nitrogen and oxygen atoms in total. The highest BCUT2D eigenvalue weighted by Gasteiger charge is 2.22. The molecule has 0 atom stereocenters. The summed E-state index contributed by atoms with van der Waals surface area (Å²) >= 11 is 0. The molecule has 1 aliphatic carbocycles. The molecule has 0 aliphatic heterocycles. The maximum Gasteiger partial charge on any atom is 0.142 e. The first kappa shape index (κ1) is 8.42. The number of rotatable bonds is 2. The first-order valence-electron chi connectivity index (χ1n) is 4.82. The predicted octanol–water partition coefficient (Wildman–Crippen LogP) is 2.70. The average Bonchev–Trinajstić information content (AvgIpc) is 2.05. The van der Waals surface area contributed by atoms with Crippen LogP contribution in [-0.4, -0.2) is 12.2 Å². The molecule has 70 valence electrons. The molecule has 1 aromatic carbocycles. The first-order chi connectivity index (χ1) is 6.33. The van der Waals surface area contributed by atoms with Crippen LogP contribution in [0, 0.1) is 0 Å². The van der Waals surface area contributed by atoms with Gasteiger partial charge in [0.25, 0.3) is 0 Å². The van der Waals surface area contributed by atoms with Crippen molar-refractivity contribution in [2.24, 2.45) is 0 Å². The molecule has 0 amide bonds. The van der Waals surface area contributed by atoms with Crippen LogP contribution in [0.15, 0.2) is 18.2 Å². The van der Waals surface area contributed by atoms with Crippen molar-refractivity contribution in [3.63, 3.8) is 0 Å². The summed E-state index contributed by atoms with van der Waals surface area (Å²) in [6, 6.07) is 5.93. The van der Waals surface area contributed by atoms with Crippen molar-refractivity contribution in [1.82, 2.24) is 0 Å². The Morgan fingerprint density at radius 3 is 2.69 bits per heavy atom. The van der Waals surface area contributed by atoms with Gasteiger partial charge in [-0.05, 0) is 30.4 Å². The zero-order chi connectivity index (χ0) is 9.26. The lowest BCUT2D eigenvalue weighted by molar-refractivity contribution is 0.394. The van der Waals surface area contributed by atoms with Crippen LogP contribution < -0.4 is 5.32 Å². The number of hydrogen-bond acceptors (Lipinski definition) is 2. The molecule has 2 heteroatoms. The zero-order valence-electron chi connectivity index (χ0n) is 7.88. The van der Waals surface area contributed by atoms with Crippen LogP contribution in [0.5, 0.6) is 5.75 Å². The summed E-state index contributed by atoms with van der Waals surface area (Å²) in [6.07, 6.45) is 3.75. The maximum absolute atomic E-state index is 9.86. The minimum Gasteiger partial charge on any atom is -0.505 e. The van der Waals surface area contributed by atoms with Gasteiger partial charge in [0, 0.05) is 7.05 Å². The molecule has 0 spiro atoms. The Hall–Kier alpha value is -1.18. The Labute approximate surface area is 78.6 Å². The third-order valence-electron chi connectivity index (χ3n) is 2.88. The smallest absolute Gasteiger partial charge is 0.142 e. The van der Waals surface area contributed by atoms with Gasteiger partial charge in [-0.1, -0.05) is 18.6 Å². The van der Waals surface area contributed by atoms with E-state index in [1.54, 1.807) is 0 Å². The number of phenolic OH excluding ortho intramolecular Hbond substituents is 1. The molecule has 0 aromatic heterocycles. The molecule has 0 unspecified atom stereocenters. The van der Waals surface area contributed by atoms with Gasteiger partial charge in [0.1, 0.15) is 5.75 Å². The standard InChI is InChI=1S/C11H15NO/c1-12-10-7-3-6-9(11(10)13)8-4-2-5-8/h3,6-8,12-13H,2,4-5H2,1H3. The third-order valence-corrected chi connectivity index (χ3v) is 2.88. The summed E-state index contributed by atoms with van der Waals surface area (Å²) in [7, 11) is 1.83. The second-order valence-electron chi connectivity index (χ2n) is 3.62. The molecule has 1 saturated carbocycles. The Bertz CT molecular complexity index is 305. The summed E-state index contributed by atoms with van der Waals surface area (Å²) in [4.78, 5) is 0. The summed E-state index contributed by atoms with van der Waals surface area (Å²) in [5.74, 6) is 1.03. The van der Waals surface area contributed by atoms with Crippen molar-refractivity contribution in [3.05, 3.63) is 23.8 Å². The molecule has 2 rings (SSSR count). The molecule has 0 saturated heterocycles. The Morgan fingerprint density at radius 2 is 2.15 bits per heavy atom. The van der Waals surface area contributed by atoms with Gasteiger partial charge < -0.3 is 10.4 Å². The lowest BCUT2D eigenvalue weighted by Crippen LogP contribution is -2.09. The van der Waals surface area contributed by atoms with Gasteiger partial charge in [-0.15, -0.1) is 0 Å². The monoisotopic (exact) mass is 177 g/mol. The lowest BCUT2D eigenvalue weighted by atomic mass is 9.79. The van der Waals surface area contributed by atoms with Gasteiger partial charge in [0.05, 0.1) is 5.69 Å². The molecule has 0 radical (unpaired) electrons. The van der Waals surface area contributed by atoms with Crippen molar-refractivity contribution in [2.45, 2.75) is 25.2 Å². The molecule has 0 bridgehead atoms. The van der Waals surface area contributed by atoms with Crippen LogP contribution in [0.25, 0.3) is 0 Å². The molecule has 1 fully saturated rings. The number of aromatic hydroxyl groups is 1. The summed E-state index contributed by atoms with van der Waals surface area (Å²) in [6.45, 7) is 0. The van der Waals surface area contributed by atoms with Crippen LogP contribution in [-0.2, 0) is 0 Å². The number of para-hydroxylation sites is 1. The molecule has 1 aromatic rings. The number of nitrogens with one attached hydrogen (secondary N) is 1. The Kier molecular flexibility index (Phi) is 2.13. The van der Waals surface area contributed by atoms with Gasteiger partial charge in [0.15, 0.2) is 0 Å². The number of hydrogen-bond donors (Lipinski definition) is 2. The third kappa shape index (κ3) is 1.37. The fourth-order valence-corrected chi connectivity index (χ4v) is 1.81. The van der Waals surface area contributed by atoms with E-state index >= 15 is 0 Å². The van der Waals surface area contributed by atoms with Gasteiger partial charge in [-0.25, -0.2) is 0 Å². The Morgan fingerprint density at radius 1 is 1.38 bits per heavy atom. The van der Waals surface area contributed by atoms with Gasteiger partial charge in [-0.3, -0.25) is 0 Å². The van der Waals surface area contributed by atoms with Gasteiger partial charge in [0.2, 0.25) is 0 Å². The first-order valence-corrected chi connectivity index (χ1v) is 4.82. The predicted molar refractivity (Wildman–Crippen MR) is 54.2 cm³/mol. The second-order valence-corrected chi connectivity index (χ2v) is 3.62. The zero-order valence-corrected chi connectivity index (χ0v) is 7.88. The summed E-state index contributed by atoms with van der Waals surface area (Å²) < 4.78 is 0. The Balaban J connectivity index is 2.33. The fourth-order valence-electron chi connectivity index (χ4n) is 1.81. The minimum absolute atomic E-state index is 0.440. The lowest BCUT2D eigenvalue weighted by Gasteiger charge is -2.27. The highest BCUT2D eigenvalue weighted by Crippen LogP contribution is 2.42. The SMILES string of the molecule is CNc1cccc(C2CCC2)c1O. The number of benzene rings is 1. The molecule has 2 N–H and O–H groups in total. The van der Waals surface area contributed by atoms with Gasteiger partial charge in [-0.2, -0.15) is 0 Å². The highest BCUT2D eigenvalue weighted by molar-refractivity contribution is 5.60. The fraction of sp³-hybridized carbons (Fsp3) is 0.455. The van der Waals surface area contributed by atoms with Gasteiger partial charge >= 0.3 is 0 Å². The topological polar surface area (TPSA) is 32.3 Å². The average molecular weight is 177 g/mol. The van der Waals surface area contributed by atoms with E-state index in [1.165, 1.54) is 19.3 Å². The molecule has 1 aliphatic rings. The summed E-state index contributed by atoms with van der Waals surface area (Å²) in [5, 5.41) is 12.9. The highest BCUT2D eigenvalue weighted by atomic mass is 16.3. The van der Waals surface area contributed by atoms with Crippen LogP contribution in [0.4, 0.5) is 5.69 Å². The van der Waals surface area contributed by atoms with Crippen molar-refractivity contribution < 1.29 is 5.11 Å². The quantitative estimate of drug-likeness (QED) is 0.681. The molecule has 13 heavy (non-hydrogen) atoms. The maximum atomic E-state index is 9.86. The summed E-state index contributed by atoms with van der Waals surface area (Å²) in [5.41, 5.74) is 1.95. The normalized spacial score (nSPS) is 16.7. The molecular weight excluding hydrogens is 162 g/mol. The van der Waals surface area contributed by atoms with Crippen LogP contribution >= 0.6 is 0 Å². The molecule has 0 heterocycles. The van der Waals surface area contributed by atoms with E-state index in [-0.39, 0.29) is 0 Å². The minimum atomic E-state index is 0.440. The van der Waals surface area contributed by atoms with E-state index in [4.69, 9.17) is 0 Å². The van der Waals surface area contributed by atoms with E-state index in [9.17, 15) is 5.11 Å². The number of phenols is 1. The van der Waals surface area contributed by atoms with Crippen molar-refractivity contribution in [1.29, 1.82) is 0 Å². The largest absolute Gasteiger partial charge is 0.505 e.